The van der Waals surface area contributed by atoms with Crippen molar-refractivity contribution in [1.82, 2.24) is 25.2 Å². The molecule has 2 aromatic heterocycles. The van der Waals surface area contributed by atoms with Gasteiger partial charge in [0.25, 0.3) is 0 Å². The Morgan fingerprint density at radius 1 is 0.900 bits per heavy atom. The number of rotatable bonds is 4. The molecule has 0 aliphatic carbocycles. The SMILES string of the molecule is CN=C(NCc1ccnc(N2CCCCCC2)c1)N1CCN(c2ncccn2)CC1. The second-order valence-corrected chi connectivity index (χ2v) is 7.85. The van der Waals surface area contributed by atoms with Gasteiger partial charge in [0, 0.05) is 71.5 Å². The van der Waals surface area contributed by atoms with Crippen LogP contribution in [0.2, 0.25) is 0 Å². The van der Waals surface area contributed by atoms with E-state index in [4.69, 9.17) is 0 Å². The summed E-state index contributed by atoms with van der Waals surface area (Å²) in [6, 6.07) is 6.16. The van der Waals surface area contributed by atoms with Crippen molar-refractivity contribution in [2.75, 3.05) is 56.1 Å². The molecule has 30 heavy (non-hydrogen) atoms. The van der Waals surface area contributed by atoms with Gasteiger partial charge < -0.3 is 20.0 Å². The first kappa shape index (κ1) is 20.4. The summed E-state index contributed by atoms with van der Waals surface area (Å²) < 4.78 is 0. The molecule has 2 fully saturated rings. The number of nitrogens with one attached hydrogen (secondary N) is 1. The van der Waals surface area contributed by atoms with Gasteiger partial charge in [0.15, 0.2) is 5.96 Å². The summed E-state index contributed by atoms with van der Waals surface area (Å²) in [7, 11) is 1.85. The molecule has 0 unspecified atom stereocenters. The molecule has 8 nitrogen and oxygen atoms in total. The van der Waals surface area contributed by atoms with E-state index in [0.29, 0.717) is 0 Å². The fraction of sp³-hybridized carbons (Fsp3) is 0.545. The lowest BCUT2D eigenvalue weighted by Crippen LogP contribution is -2.52. The average molecular weight is 409 g/mol. The number of hydrogen-bond donors (Lipinski definition) is 1. The molecule has 0 atom stereocenters. The number of aromatic nitrogens is 3. The van der Waals surface area contributed by atoms with E-state index in [0.717, 1.165) is 63.5 Å². The first-order chi connectivity index (χ1) is 14.8. The summed E-state index contributed by atoms with van der Waals surface area (Å²) in [4.78, 5) is 24.8. The molecule has 4 rings (SSSR count). The van der Waals surface area contributed by atoms with Crippen molar-refractivity contribution in [3.63, 3.8) is 0 Å². The highest BCUT2D eigenvalue weighted by atomic mass is 15.4. The topological polar surface area (TPSA) is 72.8 Å². The van der Waals surface area contributed by atoms with Crippen LogP contribution in [-0.2, 0) is 6.54 Å². The van der Waals surface area contributed by atoms with E-state index in [1.807, 2.05) is 19.3 Å². The number of pyridine rings is 1. The van der Waals surface area contributed by atoms with Gasteiger partial charge in [0.2, 0.25) is 5.95 Å². The highest BCUT2D eigenvalue weighted by Crippen LogP contribution is 2.18. The van der Waals surface area contributed by atoms with Crippen molar-refractivity contribution in [1.29, 1.82) is 0 Å². The summed E-state index contributed by atoms with van der Waals surface area (Å²) >= 11 is 0. The first-order valence-electron chi connectivity index (χ1n) is 11.0. The summed E-state index contributed by atoms with van der Waals surface area (Å²) in [6.45, 7) is 6.54. The van der Waals surface area contributed by atoms with Crippen molar-refractivity contribution < 1.29 is 0 Å². The molecule has 1 N–H and O–H groups in total. The van der Waals surface area contributed by atoms with Gasteiger partial charge >= 0.3 is 0 Å². The molecule has 8 heteroatoms. The zero-order chi connectivity index (χ0) is 20.6. The van der Waals surface area contributed by atoms with Crippen LogP contribution in [0.1, 0.15) is 31.2 Å². The number of aliphatic imine (C=N–C) groups is 1. The minimum absolute atomic E-state index is 0.748. The Labute approximate surface area is 179 Å². The Bertz CT molecular complexity index is 809. The van der Waals surface area contributed by atoms with Crippen LogP contribution in [0, 0.1) is 0 Å². The van der Waals surface area contributed by atoms with Crippen LogP contribution in [0.15, 0.2) is 41.8 Å². The fourth-order valence-electron chi connectivity index (χ4n) is 4.13. The molecule has 2 aromatic rings. The van der Waals surface area contributed by atoms with Gasteiger partial charge in [0.05, 0.1) is 0 Å². The molecular formula is C22H32N8. The van der Waals surface area contributed by atoms with Crippen LogP contribution in [0.5, 0.6) is 0 Å². The molecule has 4 heterocycles. The molecule has 0 radical (unpaired) electrons. The summed E-state index contributed by atoms with van der Waals surface area (Å²) in [5.74, 6) is 2.84. The van der Waals surface area contributed by atoms with Gasteiger partial charge in [-0.05, 0) is 36.6 Å². The van der Waals surface area contributed by atoms with Crippen LogP contribution in [0.25, 0.3) is 0 Å². The Hall–Kier alpha value is -2.90. The van der Waals surface area contributed by atoms with Crippen molar-refractivity contribution in [2.45, 2.75) is 32.2 Å². The van der Waals surface area contributed by atoms with Crippen molar-refractivity contribution >= 4 is 17.7 Å². The highest BCUT2D eigenvalue weighted by Gasteiger charge is 2.21. The smallest absolute Gasteiger partial charge is 0.225 e. The van der Waals surface area contributed by atoms with Crippen LogP contribution < -0.4 is 15.1 Å². The van der Waals surface area contributed by atoms with Crippen LogP contribution in [-0.4, -0.2) is 72.1 Å². The maximum Gasteiger partial charge on any atom is 0.225 e. The van der Waals surface area contributed by atoms with Gasteiger partial charge in [-0.15, -0.1) is 0 Å². The normalized spacial score (nSPS) is 18.3. The standard InChI is InChI=1S/C22H32N8/c1-23-21(29-13-15-30(16-14-29)22-25-8-6-9-26-22)27-18-19-7-10-24-20(17-19)28-11-4-2-3-5-12-28/h6-10,17H,2-5,11-16,18H2,1H3,(H,23,27). The van der Waals surface area contributed by atoms with Crippen molar-refractivity contribution in [3.05, 3.63) is 42.4 Å². The molecule has 160 valence electrons. The van der Waals surface area contributed by atoms with E-state index in [1.54, 1.807) is 12.4 Å². The second kappa shape index (κ2) is 10.2. The third-order valence-electron chi connectivity index (χ3n) is 5.82. The van der Waals surface area contributed by atoms with Crippen LogP contribution in [0.4, 0.5) is 11.8 Å². The molecule has 2 aliphatic rings. The van der Waals surface area contributed by atoms with Crippen LogP contribution >= 0.6 is 0 Å². The molecule has 0 amide bonds. The molecule has 2 aliphatic heterocycles. The molecular weight excluding hydrogens is 376 g/mol. The summed E-state index contributed by atoms with van der Waals surface area (Å²) in [5.41, 5.74) is 1.24. The Morgan fingerprint density at radius 2 is 1.63 bits per heavy atom. The molecule has 2 saturated heterocycles. The van der Waals surface area contributed by atoms with Crippen molar-refractivity contribution in [2.24, 2.45) is 4.99 Å². The number of hydrogen-bond acceptors (Lipinski definition) is 6. The number of piperazine rings is 1. The maximum absolute atomic E-state index is 4.62. The third kappa shape index (κ3) is 5.17. The van der Waals surface area contributed by atoms with E-state index >= 15 is 0 Å². The first-order valence-corrected chi connectivity index (χ1v) is 11.0. The van der Waals surface area contributed by atoms with Crippen molar-refractivity contribution in [3.8, 4) is 0 Å². The van der Waals surface area contributed by atoms with E-state index in [1.165, 1.54) is 31.2 Å². The molecule has 0 spiro atoms. The summed E-state index contributed by atoms with van der Waals surface area (Å²) in [5, 5.41) is 3.53. The average Bonchev–Trinajstić information content (AvgIpc) is 3.10. The predicted molar refractivity (Wildman–Crippen MR) is 121 cm³/mol. The third-order valence-corrected chi connectivity index (χ3v) is 5.82. The monoisotopic (exact) mass is 408 g/mol. The van der Waals surface area contributed by atoms with E-state index in [9.17, 15) is 0 Å². The van der Waals surface area contributed by atoms with E-state index in [-0.39, 0.29) is 0 Å². The van der Waals surface area contributed by atoms with Gasteiger partial charge in [0.1, 0.15) is 5.82 Å². The largest absolute Gasteiger partial charge is 0.357 e. The molecule has 0 saturated carbocycles. The minimum atomic E-state index is 0.748. The van der Waals surface area contributed by atoms with Gasteiger partial charge in [-0.1, -0.05) is 12.8 Å². The molecule has 0 aromatic carbocycles. The lowest BCUT2D eigenvalue weighted by molar-refractivity contribution is 0.370. The van der Waals surface area contributed by atoms with E-state index in [2.05, 4.69) is 52.1 Å². The zero-order valence-corrected chi connectivity index (χ0v) is 17.9. The summed E-state index contributed by atoms with van der Waals surface area (Å²) in [6.07, 6.45) is 10.7. The number of nitrogens with zero attached hydrogens (tertiary/aromatic N) is 7. The van der Waals surface area contributed by atoms with Gasteiger partial charge in [-0.25, -0.2) is 15.0 Å². The van der Waals surface area contributed by atoms with E-state index < -0.39 is 0 Å². The predicted octanol–water partition coefficient (Wildman–Crippen LogP) is 2.15. The second-order valence-electron chi connectivity index (χ2n) is 7.85. The lowest BCUT2D eigenvalue weighted by Gasteiger charge is -2.36. The number of guanidine groups is 1. The maximum atomic E-state index is 4.62. The van der Waals surface area contributed by atoms with Gasteiger partial charge in [-0.3, -0.25) is 4.99 Å². The Kier molecular flexibility index (Phi) is 6.95. The number of anilines is 2. The van der Waals surface area contributed by atoms with Gasteiger partial charge in [-0.2, -0.15) is 0 Å². The quantitative estimate of drug-likeness (QED) is 0.614. The Balaban J connectivity index is 1.31. The Morgan fingerprint density at radius 3 is 2.33 bits per heavy atom. The fourth-order valence-corrected chi connectivity index (χ4v) is 4.13. The molecule has 0 bridgehead atoms. The zero-order valence-electron chi connectivity index (χ0n) is 17.9. The lowest BCUT2D eigenvalue weighted by atomic mass is 10.2. The highest BCUT2D eigenvalue weighted by molar-refractivity contribution is 5.80. The minimum Gasteiger partial charge on any atom is -0.357 e. The van der Waals surface area contributed by atoms with Crippen LogP contribution in [0.3, 0.4) is 0 Å².